The van der Waals surface area contributed by atoms with E-state index in [0.717, 1.165) is 45.6 Å². The number of hydrogen-bond donors (Lipinski definition) is 2. The van der Waals surface area contributed by atoms with Crippen LogP contribution in [-0.4, -0.2) is 37.0 Å². The van der Waals surface area contributed by atoms with Crippen LogP contribution in [0.3, 0.4) is 0 Å². The fourth-order valence-electron chi connectivity index (χ4n) is 5.80. The molecule has 0 bridgehead atoms. The van der Waals surface area contributed by atoms with Crippen molar-refractivity contribution in [2.24, 2.45) is 0 Å². The second-order valence-corrected chi connectivity index (χ2v) is 10.8. The third-order valence-corrected chi connectivity index (χ3v) is 8.19. The van der Waals surface area contributed by atoms with E-state index in [2.05, 4.69) is 56.0 Å². The zero-order valence-corrected chi connectivity index (χ0v) is 23.9. The molecule has 1 amide bonds. The smallest absolute Gasteiger partial charge is 0.226 e. The lowest BCUT2D eigenvalue weighted by atomic mass is 9.96. The van der Waals surface area contributed by atoms with Crippen molar-refractivity contribution in [1.82, 2.24) is 24.8 Å². The number of fused-ring (bicyclic) bond motifs is 1. The summed E-state index contributed by atoms with van der Waals surface area (Å²) in [6.07, 6.45) is 5.80. The molecular formula is C33H32N6OS. The minimum absolute atomic E-state index is 0.0498. The van der Waals surface area contributed by atoms with Crippen molar-refractivity contribution >= 4 is 39.7 Å². The third-order valence-electron chi connectivity index (χ3n) is 7.84. The molecule has 1 aliphatic heterocycles. The van der Waals surface area contributed by atoms with Gasteiger partial charge in [0, 0.05) is 60.6 Å². The number of aryl methyl sites for hydroxylation is 1. The van der Waals surface area contributed by atoms with Crippen molar-refractivity contribution < 1.29 is 4.79 Å². The van der Waals surface area contributed by atoms with Gasteiger partial charge in [-0.25, -0.2) is 0 Å². The van der Waals surface area contributed by atoms with Crippen LogP contribution >= 0.6 is 12.2 Å². The van der Waals surface area contributed by atoms with Crippen molar-refractivity contribution in [2.45, 2.75) is 38.9 Å². The van der Waals surface area contributed by atoms with Gasteiger partial charge in [0.05, 0.1) is 17.8 Å². The Morgan fingerprint density at radius 3 is 2.63 bits per heavy atom. The largest absolute Gasteiger partial charge is 0.352 e. The molecule has 0 radical (unpaired) electrons. The molecule has 41 heavy (non-hydrogen) atoms. The average Bonchev–Trinajstić information content (AvgIpc) is 3.47. The lowest BCUT2D eigenvalue weighted by Crippen LogP contribution is -2.33. The summed E-state index contributed by atoms with van der Waals surface area (Å²) in [5.41, 5.74) is 6.37. The van der Waals surface area contributed by atoms with Gasteiger partial charge in [-0.1, -0.05) is 48.5 Å². The lowest BCUT2D eigenvalue weighted by Gasteiger charge is -2.28. The van der Waals surface area contributed by atoms with Crippen LogP contribution in [0.4, 0.5) is 5.69 Å². The molecule has 1 saturated heterocycles. The number of pyridine rings is 2. The molecule has 3 aromatic heterocycles. The summed E-state index contributed by atoms with van der Waals surface area (Å²) < 4.78 is 2.31. The van der Waals surface area contributed by atoms with E-state index >= 15 is 0 Å². The second kappa shape index (κ2) is 11.5. The Hall–Kier alpha value is -4.56. The van der Waals surface area contributed by atoms with Crippen LogP contribution in [0.2, 0.25) is 0 Å². The van der Waals surface area contributed by atoms with Crippen molar-refractivity contribution in [3.8, 4) is 0 Å². The fourth-order valence-corrected chi connectivity index (χ4v) is 6.13. The first-order chi connectivity index (χ1) is 20.0. The highest BCUT2D eigenvalue weighted by atomic mass is 32.1. The minimum Gasteiger partial charge on any atom is -0.352 e. The number of amides is 1. The Morgan fingerprint density at radius 1 is 1.00 bits per heavy atom. The molecule has 4 heterocycles. The van der Waals surface area contributed by atoms with Crippen molar-refractivity contribution in [2.75, 3.05) is 11.9 Å². The highest BCUT2D eigenvalue weighted by molar-refractivity contribution is 7.80. The molecule has 0 spiro atoms. The number of benzene rings is 2. The Balaban J connectivity index is 1.28. The van der Waals surface area contributed by atoms with Crippen LogP contribution in [0.15, 0.2) is 97.5 Å². The van der Waals surface area contributed by atoms with E-state index < -0.39 is 0 Å². The number of hydrogen-bond acceptors (Lipinski definition) is 4. The molecule has 7 nitrogen and oxygen atoms in total. The lowest BCUT2D eigenvalue weighted by molar-refractivity contribution is -0.116. The SMILES string of the molecule is Cc1cc([C@H]2[C@@H](c3ccccn3)NC(=S)N2CCC(=O)Nc2cccc3ccccc23)c(C)n1Cc1cccnc1. The Kier molecular flexibility index (Phi) is 7.48. The van der Waals surface area contributed by atoms with Crippen LogP contribution in [-0.2, 0) is 11.3 Å². The Bertz CT molecular complexity index is 1700. The third kappa shape index (κ3) is 5.43. The fraction of sp³-hybridized carbons (Fsp3) is 0.212. The van der Waals surface area contributed by atoms with E-state index in [0.29, 0.717) is 18.1 Å². The monoisotopic (exact) mass is 560 g/mol. The van der Waals surface area contributed by atoms with E-state index in [1.165, 1.54) is 5.56 Å². The number of nitrogens with one attached hydrogen (secondary N) is 2. The summed E-state index contributed by atoms with van der Waals surface area (Å²) in [5, 5.41) is 9.38. The van der Waals surface area contributed by atoms with E-state index in [1.807, 2.05) is 79.1 Å². The number of rotatable bonds is 8. The maximum Gasteiger partial charge on any atom is 0.226 e. The Labute approximate surface area is 245 Å². The minimum atomic E-state index is -0.142. The molecule has 0 unspecified atom stereocenters. The number of aromatic nitrogens is 3. The van der Waals surface area contributed by atoms with E-state index in [9.17, 15) is 4.79 Å². The normalized spacial score (nSPS) is 16.6. The van der Waals surface area contributed by atoms with Crippen molar-refractivity contribution in [3.05, 3.63) is 126 Å². The summed E-state index contributed by atoms with van der Waals surface area (Å²) in [4.78, 5) is 24.3. The standard InChI is InChI=1S/C33H32N6OS/c1-22-19-27(23(2)39(22)21-24-9-8-16-34-20-24)32-31(29-13-5-6-17-35-29)37-33(41)38(32)18-15-30(40)36-28-14-7-11-25-10-3-4-12-26(25)28/h3-14,16-17,19-20,31-32H,15,18,21H2,1-2H3,(H,36,40)(H,37,41)/t31-,32+/m1/s1. The van der Waals surface area contributed by atoms with Gasteiger partial charge in [-0.05, 0) is 72.9 Å². The van der Waals surface area contributed by atoms with Gasteiger partial charge in [-0.3, -0.25) is 14.8 Å². The van der Waals surface area contributed by atoms with Crippen LogP contribution in [0.25, 0.3) is 10.8 Å². The maximum absolute atomic E-state index is 13.2. The molecule has 1 aliphatic rings. The number of anilines is 1. The molecule has 2 aromatic carbocycles. The first-order valence-corrected chi connectivity index (χ1v) is 14.2. The van der Waals surface area contributed by atoms with Gasteiger partial charge < -0.3 is 20.1 Å². The maximum atomic E-state index is 13.2. The molecule has 1 fully saturated rings. The van der Waals surface area contributed by atoms with Crippen LogP contribution in [0.5, 0.6) is 0 Å². The zero-order valence-electron chi connectivity index (χ0n) is 23.1. The van der Waals surface area contributed by atoms with Crippen molar-refractivity contribution in [1.29, 1.82) is 0 Å². The molecule has 206 valence electrons. The van der Waals surface area contributed by atoms with E-state index in [-0.39, 0.29) is 18.0 Å². The van der Waals surface area contributed by atoms with Crippen molar-refractivity contribution in [3.63, 3.8) is 0 Å². The molecule has 0 aliphatic carbocycles. The van der Waals surface area contributed by atoms with Gasteiger partial charge in [0.25, 0.3) is 0 Å². The summed E-state index contributed by atoms with van der Waals surface area (Å²) in [7, 11) is 0. The molecule has 2 N–H and O–H groups in total. The summed E-state index contributed by atoms with van der Waals surface area (Å²) in [6.45, 7) is 5.49. The molecule has 2 atom stereocenters. The molecule has 6 rings (SSSR count). The number of carbonyl (C=O) groups excluding carboxylic acids is 1. The Morgan fingerprint density at radius 2 is 1.83 bits per heavy atom. The summed E-state index contributed by atoms with van der Waals surface area (Å²) in [6, 6.07) is 26.0. The van der Waals surface area contributed by atoms with Crippen LogP contribution in [0.1, 0.15) is 46.7 Å². The predicted molar refractivity (Wildman–Crippen MR) is 167 cm³/mol. The van der Waals surface area contributed by atoms with Gasteiger partial charge in [0.1, 0.15) is 0 Å². The zero-order chi connectivity index (χ0) is 28.3. The predicted octanol–water partition coefficient (Wildman–Crippen LogP) is 6.10. The quantitative estimate of drug-likeness (QED) is 0.224. The second-order valence-electron chi connectivity index (χ2n) is 10.4. The molecule has 5 aromatic rings. The number of thiocarbonyl (C=S) groups is 1. The van der Waals surface area contributed by atoms with E-state index in [1.54, 1.807) is 6.20 Å². The van der Waals surface area contributed by atoms with Gasteiger partial charge in [-0.2, -0.15) is 0 Å². The first-order valence-electron chi connectivity index (χ1n) is 13.8. The van der Waals surface area contributed by atoms with Gasteiger partial charge in [-0.15, -0.1) is 0 Å². The highest BCUT2D eigenvalue weighted by Gasteiger charge is 2.41. The number of carbonyl (C=O) groups is 1. The van der Waals surface area contributed by atoms with Crippen LogP contribution in [0, 0.1) is 13.8 Å². The number of nitrogens with zero attached hydrogens (tertiary/aromatic N) is 4. The average molecular weight is 561 g/mol. The van der Waals surface area contributed by atoms with Gasteiger partial charge in [0.2, 0.25) is 5.91 Å². The summed E-state index contributed by atoms with van der Waals surface area (Å²) >= 11 is 5.87. The van der Waals surface area contributed by atoms with Crippen LogP contribution < -0.4 is 10.6 Å². The van der Waals surface area contributed by atoms with Gasteiger partial charge >= 0.3 is 0 Å². The molecular weight excluding hydrogens is 528 g/mol. The summed E-state index contributed by atoms with van der Waals surface area (Å²) in [5.74, 6) is -0.0498. The molecule has 8 heteroatoms. The van der Waals surface area contributed by atoms with E-state index in [4.69, 9.17) is 12.2 Å². The molecule has 0 saturated carbocycles. The topological polar surface area (TPSA) is 75.1 Å². The van der Waals surface area contributed by atoms with Gasteiger partial charge in [0.15, 0.2) is 5.11 Å². The first kappa shape index (κ1) is 26.7. The highest BCUT2D eigenvalue weighted by Crippen LogP contribution is 2.41.